The van der Waals surface area contributed by atoms with E-state index in [0.29, 0.717) is 18.2 Å². The molecule has 1 saturated carbocycles. The predicted molar refractivity (Wildman–Crippen MR) is 121 cm³/mol. The molecule has 2 aromatic carbocycles. The van der Waals surface area contributed by atoms with Gasteiger partial charge in [0.15, 0.2) is 0 Å². The number of hydrogen-bond acceptors (Lipinski definition) is 5. The summed E-state index contributed by atoms with van der Waals surface area (Å²) in [5.74, 6) is 0.616. The third-order valence-corrected chi connectivity index (χ3v) is 7.23. The van der Waals surface area contributed by atoms with Gasteiger partial charge in [-0.15, -0.1) is 0 Å². The SMILES string of the molecule is COc1cc(OC)c(NS(=O)(=O)c2ccc(Cl)c(C(=O)NCC3CCCC3)c2)cc1Cl. The quantitative estimate of drug-likeness (QED) is 0.562. The number of hydrogen-bond donors (Lipinski definition) is 2. The molecule has 0 saturated heterocycles. The first-order chi connectivity index (χ1) is 14.7. The number of amides is 1. The third kappa shape index (κ3) is 5.56. The van der Waals surface area contributed by atoms with Crippen LogP contribution in [0.1, 0.15) is 36.0 Å². The Labute approximate surface area is 192 Å². The van der Waals surface area contributed by atoms with Gasteiger partial charge in [0.1, 0.15) is 11.5 Å². The minimum Gasteiger partial charge on any atom is -0.495 e. The van der Waals surface area contributed by atoms with Gasteiger partial charge in [-0.3, -0.25) is 9.52 Å². The lowest BCUT2D eigenvalue weighted by molar-refractivity contribution is 0.0947. The molecule has 0 aromatic heterocycles. The summed E-state index contributed by atoms with van der Waals surface area (Å²) in [6.45, 7) is 0.548. The highest BCUT2D eigenvalue weighted by Gasteiger charge is 2.22. The van der Waals surface area contributed by atoms with Crippen molar-refractivity contribution in [3.8, 4) is 11.5 Å². The van der Waals surface area contributed by atoms with Crippen molar-refractivity contribution < 1.29 is 22.7 Å². The molecule has 1 aliphatic rings. The maximum Gasteiger partial charge on any atom is 0.262 e. The molecule has 0 unspecified atom stereocenters. The monoisotopic (exact) mass is 486 g/mol. The van der Waals surface area contributed by atoms with E-state index in [-0.39, 0.29) is 31.9 Å². The largest absolute Gasteiger partial charge is 0.495 e. The van der Waals surface area contributed by atoms with Crippen LogP contribution >= 0.6 is 23.2 Å². The molecule has 0 aliphatic heterocycles. The van der Waals surface area contributed by atoms with Crippen LogP contribution < -0.4 is 19.5 Å². The highest BCUT2D eigenvalue weighted by Crippen LogP contribution is 2.37. The Morgan fingerprint density at radius 1 is 1.03 bits per heavy atom. The maximum atomic E-state index is 13.0. The summed E-state index contributed by atoms with van der Waals surface area (Å²) in [5.41, 5.74) is 0.234. The first-order valence-electron chi connectivity index (χ1n) is 9.77. The van der Waals surface area contributed by atoms with Gasteiger partial charge in [0.05, 0.1) is 40.4 Å². The average Bonchev–Trinajstić information content (AvgIpc) is 3.26. The number of anilines is 1. The molecule has 168 valence electrons. The molecular formula is C21H24Cl2N2O5S. The molecular weight excluding hydrogens is 463 g/mol. The maximum absolute atomic E-state index is 13.0. The number of rotatable bonds is 8. The zero-order chi connectivity index (χ0) is 22.6. The molecule has 0 spiro atoms. The van der Waals surface area contributed by atoms with Crippen molar-refractivity contribution in [2.24, 2.45) is 5.92 Å². The lowest BCUT2D eigenvalue weighted by Crippen LogP contribution is -2.28. The van der Waals surface area contributed by atoms with E-state index in [1.165, 1.54) is 57.4 Å². The number of methoxy groups -OCH3 is 2. The zero-order valence-electron chi connectivity index (χ0n) is 17.2. The van der Waals surface area contributed by atoms with Crippen molar-refractivity contribution in [2.75, 3.05) is 25.5 Å². The Morgan fingerprint density at radius 2 is 1.71 bits per heavy atom. The Hall–Kier alpha value is -2.16. The average molecular weight is 487 g/mol. The van der Waals surface area contributed by atoms with Gasteiger partial charge in [0.2, 0.25) is 0 Å². The van der Waals surface area contributed by atoms with Crippen LogP contribution in [0.5, 0.6) is 11.5 Å². The molecule has 10 heteroatoms. The standard InChI is InChI=1S/C21H24Cl2N2O5S/c1-29-19-11-20(30-2)18(10-17(19)23)25-31(27,28)14-7-8-16(22)15(9-14)21(26)24-12-13-5-3-4-6-13/h7-11,13,25H,3-6,12H2,1-2H3,(H,24,26). The van der Waals surface area contributed by atoms with E-state index in [1.54, 1.807) is 0 Å². The second kappa shape index (κ2) is 9.97. The van der Waals surface area contributed by atoms with E-state index in [2.05, 4.69) is 10.0 Å². The molecule has 0 heterocycles. The van der Waals surface area contributed by atoms with Gasteiger partial charge >= 0.3 is 0 Å². The summed E-state index contributed by atoms with van der Waals surface area (Å²) < 4.78 is 38.7. The van der Waals surface area contributed by atoms with Crippen LogP contribution in [0, 0.1) is 5.92 Å². The minimum absolute atomic E-state index is 0.0993. The normalized spacial score (nSPS) is 14.3. The summed E-state index contributed by atoms with van der Waals surface area (Å²) in [6, 6.07) is 6.84. The number of carbonyl (C=O) groups is 1. The Bertz CT molecular complexity index is 1070. The van der Waals surface area contributed by atoms with Crippen LogP contribution in [0.4, 0.5) is 5.69 Å². The van der Waals surface area contributed by atoms with Crippen LogP contribution in [0.25, 0.3) is 0 Å². The molecule has 7 nitrogen and oxygen atoms in total. The molecule has 1 amide bonds. The summed E-state index contributed by atoms with van der Waals surface area (Å²) in [5, 5.41) is 3.24. The number of nitrogens with one attached hydrogen (secondary N) is 2. The molecule has 0 bridgehead atoms. The van der Waals surface area contributed by atoms with Crippen LogP contribution in [-0.4, -0.2) is 35.1 Å². The van der Waals surface area contributed by atoms with Gasteiger partial charge in [0, 0.05) is 12.6 Å². The first kappa shape index (κ1) is 23.5. The fourth-order valence-corrected chi connectivity index (χ4v) is 5.07. The van der Waals surface area contributed by atoms with E-state index in [0.717, 1.165) is 12.8 Å². The molecule has 1 aliphatic carbocycles. The van der Waals surface area contributed by atoms with Crippen LogP contribution in [0.3, 0.4) is 0 Å². The molecule has 0 atom stereocenters. The minimum atomic E-state index is -4.05. The number of halogens is 2. The highest BCUT2D eigenvalue weighted by molar-refractivity contribution is 7.92. The molecule has 31 heavy (non-hydrogen) atoms. The van der Waals surface area contributed by atoms with E-state index in [4.69, 9.17) is 32.7 Å². The number of carbonyl (C=O) groups excluding carboxylic acids is 1. The van der Waals surface area contributed by atoms with Crippen molar-refractivity contribution in [3.63, 3.8) is 0 Å². The van der Waals surface area contributed by atoms with E-state index < -0.39 is 15.9 Å². The van der Waals surface area contributed by atoms with Crippen molar-refractivity contribution in [2.45, 2.75) is 30.6 Å². The number of sulfonamides is 1. The first-order valence-corrected chi connectivity index (χ1v) is 12.0. The zero-order valence-corrected chi connectivity index (χ0v) is 19.5. The van der Waals surface area contributed by atoms with E-state index in [1.807, 2.05) is 0 Å². The predicted octanol–water partition coefficient (Wildman–Crippen LogP) is 4.73. The van der Waals surface area contributed by atoms with Crippen molar-refractivity contribution in [1.82, 2.24) is 5.32 Å². The van der Waals surface area contributed by atoms with Crippen LogP contribution in [0.15, 0.2) is 35.2 Å². The third-order valence-electron chi connectivity index (χ3n) is 5.24. The second-order valence-electron chi connectivity index (χ2n) is 7.29. The van der Waals surface area contributed by atoms with Crippen LogP contribution in [0.2, 0.25) is 10.0 Å². The van der Waals surface area contributed by atoms with Gasteiger partial charge in [0.25, 0.3) is 15.9 Å². The highest BCUT2D eigenvalue weighted by atomic mass is 35.5. The summed E-state index contributed by atoms with van der Waals surface area (Å²) in [4.78, 5) is 12.5. The fraction of sp³-hybridized carbons (Fsp3) is 0.381. The van der Waals surface area contributed by atoms with Crippen molar-refractivity contribution in [1.29, 1.82) is 0 Å². The summed E-state index contributed by atoms with van der Waals surface area (Å²) in [7, 11) is -1.21. The molecule has 3 rings (SSSR count). The molecule has 2 N–H and O–H groups in total. The topological polar surface area (TPSA) is 93.7 Å². The lowest BCUT2D eigenvalue weighted by Gasteiger charge is -2.15. The molecule has 0 radical (unpaired) electrons. The number of ether oxygens (including phenoxy) is 2. The summed E-state index contributed by atoms with van der Waals surface area (Å²) in [6.07, 6.45) is 4.50. The van der Waals surface area contributed by atoms with Crippen LogP contribution in [-0.2, 0) is 10.0 Å². The van der Waals surface area contributed by atoms with Gasteiger partial charge in [-0.1, -0.05) is 36.0 Å². The molecule has 2 aromatic rings. The van der Waals surface area contributed by atoms with Gasteiger partial charge in [-0.25, -0.2) is 8.42 Å². The van der Waals surface area contributed by atoms with E-state index in [9.17, 15) is 13.2 Å². The second-order valence-corrected chi connectivity index (χ2v) is 9.79. The smallest absolute Gasteiger partial charge is 0.262 e. The van der Waals surface area contributed by atoms with Crippen molar-refractivity contribution >= 4 is 44.8 Å². The van der Waals surface area contributed by atoms with Gasteiger partial charge in [-0.2, -0.15) is 0 Å². The molecule has 1 fully saturated rings. The lowest BCUT2D eigenvalue weighted by atomic mass is 10.1. The Kier molecular flexibility index (Phi) is 7.56. The van der Waals surface area contributed by atoms with Crippen molar-refractivity contribution in [3.05, 3.63) is 45.9 Å². The van der Waals surface area contributed by atoms with Gasteiger partial charge < -0.3 is 14.8 Å². The Morgan fingerprint density at radius 3 is 2.35 bits per heavy atom. The Balaban J connectivity index is 1.84. The van der Waals surface area contributed by atoms with Gasteiger partial charge in [-0.05, 0) is 43.0 Å². The number of benzene rings is 2. The van der Waals surface area contributed by atoms with E-state index >= 15 is 0 Å². The summed E-state index contributed by atoms with van der Waals surface area (Å²) >= 11 is 12.3. The fourth-order valence-electron chi connectivity index (χ4n) is 3.54.